The van der Waals surface area contributed by atoms with Crippen LogP contribution >= 0.6 is 0 Å². The van der Waals surface area contributed by atoms with E-state index in [1.165, 1.54) is 7.11 Å². The smallest absolute Gasteiger partial charge is 0.409 e. The number of hydrogen-bond acceptors (Lipinski definition) is 4. The van der Waals surface area contributed by atoms with Gasteiger partial charge in [-0.05, 0) is 12.8 Å². The normalized spacial score (nSPS) is 24.5. The Morgan fingerprint density at radius 3 is 3.00 bits per heavy atom. The van der Waals surface area contributed by atoms with Crippen LogP contribution in [0.5, 0.6) is 0 Å². The van der Waals surface area contributed by atoms with Crippen molar-refractivity contribution in [3.63, 3.8) is 0 Å². The van der Waals surface area contributed by atoms with Gasteiger partial charge in [0.1, 0.15) is 0 Å². The van der Waals surface area contributed by atoms with Crippen molar-refractivity contribution in [3.8, 4) is 0 Å². The average molecular weight is 216 g/mol. The summed E-state index contributed by atoms with van der Waals surface area (Å²) >= 11 is 0. The van der Waals surface area contributed by atoms with Gasteiger partial charge >= 0.3 is 6.09 Å². The van der Waals surface area contributed by atoms with Gasteiger partial charge in [-0.2, -0.15) is 0 Å². The van der Waals surface area contributed by atoms with E-state index in [0.717, 1.165) is 19.3 Å². The number of nitrogens with zero attached hydrogens (tertiary/aromatic N) is 1. The van der Waals surface area contributed by atoms with Crippen LogP contribution in [0, 0.1) is 5.92 Å². The number of likely N-dealkylation sites (tertiary alicyclic amines) is 1. The van der Waals surface area contributed by atoms with E-state index < -0.39 is 6.10 Å². The predicted molar refractivity (Wildman–Crippen MR) is 56.4 cm³/mol. The molecule has 5 heteroatoms. The minimum Gasteiger partial charge on any atom is -0.453 e. The molecule has 15 heavy (non-hydrogen) atoms. The molecule has 1 aliphatic heterocycles. The molecule has 0 spiro atoms. The van der Waals surface area contributed by atoms with Gasteiger partial charge in [-0.1, -0.05) is 6.42 Å². The second-order valence-corrected chi connectivity index (χ2v) is 3.97. The second kappa shape index (κ2) is 5.92. The van der Waals surface area contributed by atoms with Gasteiger partial charge < -0.3 is 20.5 Å². The van der Waals surface area contributed by atoms with Crippen LogP contribution < -0.4 is 5.73 Å². The van der Waals surface area contributed by atoms with Crippen molar-refractivity contribution in [1.82, 2.24) is 4.90 Å². The summed E-state index contributed by atoms with van der Waals surface area (Å²) in [5.74, 6) is 0.0802. The molecule has 0 aromatic carbocycles. The Kier molecular flexibility index (Phi) is 4.84. The first-order chi connectivity index (χ1) is 7.19. The first-order valence-electron chi connectivity index (χ1n) is 5.40. The number of carbonyl (C=O) groups is 1. The van der Waals surface area contributed by atoms with E-state index in [0.29, 0.717) is 13.1 Å². The lowest BCUT2D eigenvalue weighted by molar-refractivity contribution is 0.0787. The molecule has 88 valence electrons. The topological polar surface area (TPSA) is 75.8 Å². The molecule has 2 unspecified atom stereocenters. The minimum atomic E-state index is -0.518. The summed E-state index contributed by atoms with van der Waals surface area (Å²) in [5.41, 5.74) is 5.42. The summed E-state index contributed by atoms with van der Waals surface area (Å²) < 4.78 is 4.68. The Labute approximate surface area is 90.2 Å². The van der Waals surface area contributed by atoms with Gasteiger partial charge in [0.15, 0.2) is 0 Å². The van der Waals surface area contributed by atoms with E-state index in [1.54, 1.807) is 4.90 Å². The van der Waals surface area contributed by atoms with Crippen LogP contribution in [0.4, 0.5) is 4.79 Å². The number of aliphatic hydroxyl groups excluding tert-OH is 1. The van der Waals surface area contributed by atoms with Crippen LogP contribution in [0.1, 0.15) is 19.3 Å². The molecule has 0 bridgehead atoms. The molecular weight excluding hydrogens is 196 g/mol. The average Bonchev–Trinajstić information content (AvgIpc) is 2.52. The van der Waals surface area contributed by atoms with Crippen molar-refractivity contribution in [3.05, 3.63) is 0 Å². The van der Waals surface area contributed by atoms with E-state index >= 15 is 0 Å². The zero-order valence-corrected chi connectivity index (χ0v) is 9.19. The molecule has 0 aromatic heterocycles. The number of amides is 1. The Morgan fingerprint density at radius 1 is 1.67 bits per heavy atom. The van der Waals surface area contributed by atoms with Crippen LogP contribution in [0.25, 0.3) is 0 Å². The van der Waals surface area contributed by atoms with Gasteiger partial charge in [0.25, 0.3) is 0 Å². The van der Waals surface area contributed by atoms with Crippen LogP contribution in [0.3, 0.4) is 0 Å². The number of carbonyl (C=O) groups excluding carboxylic acids is 1. The van der Waals surface area contributed by atoms with Gasteiger partial charge in [-0.25, -0.2) is 4.79 Å². The van der Waals surface area contributed by atoms with E-state index in [-0.39, 0.29) is 18.6 Å². The van der Waals surface area contributed by atoms with Gasteiger partial charge in [0.05, 0.1) is 13.2 Å². The monoisotopic (exact) mass is 216 g/mol. The molecule has 1 fully saturated rings. The highest BCUT2D eigenvalue weighted by Gasteiger charge is 2.26. The number of aliphatic hydroxyl groups is 1. The zero-order chi connectivity index (χ0) is 11.3. The third kappa shape index (κ3) is 3.35. The second-order valence-electron chi connectivity index (χ2n) is 3.97. The number of methoxy groups -OCH3 is 1. The molecule has 0 saturated carbocycles. The van der Waals surface area contributed by atoms with Crippen molar-refractivity contribution >= 4 is 6.09 Å². The van der Waals surface area contributed by atoms with Crippen molar-refractivity contribution < 1.29 is 14.6 Å². The first kappa shape index (κ1) is 12.3. The molecular formula is C10H20N2O3. The molecule has 1 amide bonds. The number of nitrogens with two attached hydrogens (primary N) is 1. The molecule has 0 aromatic rings. The highest BCUT2D eigenvalue weighted by atomic mass is 16.5. The van der Waals surface area contributed by atoms with Gasteiger partial charge in [-0.3, -0.25) is 0 Å². The standard InChI is InChI=1S/C10H20N2O3/c1-15-10(14)12-5-3-2-4-8(7-12)9(13)6-11/h8-9,13H,2-7,11H2,1H3. The van der Waals surface area contributed by atoms with Gasteiger partial charge in [-0.15, -0.1) is 0 Å². The van der Waals surface area contributed by atoms with Crippen molar-refractivity contribution in [2.75, 3.05) is 26.7 Å². The maximum Gasteiger partial charge on any atom is 0.409 e. The van der Waals surface area contributed by atoms with Crippen LogP contribution in [-0.2, 0) is 4.74 Å². The molecule has 1 heterocycles. The van der Waals surface area contributed by atoms with E-state index in [2.05, 4.69) is 4.74 Å². The van der Waals surface area contributed by atoms with Crippen LogP contribution in [0.15, 0.2) is 0 Å². The Balaban J connectivity index is 2.56. The quantitative estimate of drug-likeness (QED) is 0.690. The fourth-order valence-electron chi connectivity index (χ4n) is 1.98. The summed E-state index contributed by atoms with van der Waals surface area (Å²) in [6.45, 7) is 1.51. The Bertz CT molecular complexity index is 211. The summed E-state index contributed by atoms with van der Waals surface area (Å²) in [6.07, 6.45) is 2.07. The highest BCUT2D eigenvalue weighted by Crippen LogP contribution is 2.19. The third-order valence-corrected chi connectivity index (χ3v) is 2.93. The summed E-state index contributed by atoms with van der Waals surface area (Å²) in [7, 11) is 1.38. The van der Waals surface area contributed by atoms with E-state index in [4.69, 9.17) is 5.73 Å². The molecule has 1 aliphatic rings. The lowest BCUT2D eigenvalue weighted by Gasteiger charge is -2.25. The molecule has 3 N–H and O–H groups in total. The van der Waals surface area contributed by atoms with Gasteiger partial charge in [0.2, 0.25) is 0 Å². The molecule has 2 atom stereocenters. The fourth-order valence-corrected chi connectivity index (χ4v) is 1.98. The first-order valence-corrected chi connectivity index (χ1v) is 5.40. The van der Waals surface area contributed by atoms with Crippen molar-refractivity contribution in [2.45, 2.75) is 25.4 Å². The van der Waals surface area contributed by atoms with Crippen LogP contribution in [-0.4, -0.2) is 48.9 Å². The highest BCUT2D eigenvalue weighted by molar-refractivity contribution is 5.67. The number of rotatable bonds is 2. The molecule has 1 saturated heterocycles. The predicted octanol–water partition coefficient (Wildman–Crippen LogP) is 0.174. The maximum atomic E-state index is 11.4. The van der Waals surface area contributed by atoms with Crippen molar-refractivity contribution in [2.24, 2.45) is 11.7 Å². The number of hydrogen-bond donors (Lipinski definition) is 2. The zero-order valence-electron chi connectivity index (χ0n) is 9.19. The summed E-state index contributed by atoms with van der Waals surface area (Å²) in [4.78, 5) is 13.0. The summed E-state index contributed by atoms with van der Waals surface area (Å²) in [5, 5.41) is 9.68. The Hall–Kier alpha value is -0.810. The molecule has 5 nitrogen and oxygen atoms in total. The maximum absolute atomic E-state index is 11.4. The summed E-state index contributed by atoms with van der Waals surface area (Å²) in [6, 6.07) is 0. The van der Waals surface area contributed by atoms with Gasteiger partial charge in [0, 0.05) is 25.6 Å². The number of ether oxygens (including phenoxy) is 1. The fraction of sp³-hybridized carbons (Fsp3) is 0.900. The van der Waals surface area contributed by atoms with E-state index in [1.807, 2.05) is 0 Å². The molecule has 1 rings (SSSR count). The Morgan fingerprint density at radius 2 is 2.40 bits per heavy atom. The SMILES string of the molecule is COC(=O)N1CCCCC(C(O)CN)C1. The minimum absolute atomic E-state index is 0.0802. The molecule has 0 aliphatic carbocycles. The third-order valence-electron chi connectivity index (χ3n) is 2.93. The van der Waals surface area contributed by atoms with E-state index in [9.17, 15) is 9.90 Å². The lowest BCUT2D eigenvalue weighted by Crippen LogP contribution is -2.40. The van der Waals surface area contributed by atoms with Crippen molar-refractivity contribution in [1.29, 1.82) is 0 Å². The molecule has 0 radical (unpaired) electrons. The lowest BCUT2D eigenvalue weighted by atomic mass is 9.97. The van der Waals surface area contributed by atoms with Crippen LogP contribution in [0.2, 0.25) is 0 Å². The largest absolute Gasteiger partial charge is 0.453 e.